The molecule has 0 radical (unpaired) electrons. The molecule has 18 nitrogen and oxygen atoms in total. The van der Waals surface area contributed by atoms with Crippen LogP contribution in [0.15, 0.2) is 82.0 Å². The van der Waals surface area contributed by atoms with E-state index < -0.39 is 11.9 Å². The van der Waals surface area contributed by atoms with Gasteiger partial charge in [-0.2, -0.15) is 15.2 Å². The van der Waals surface area contributed by atoms with Crippen LogP contribution in [-0.2, 0) is 20.9 Å². The Morgan fingerprint density at radius 3 is 2.40 bits per heavy atom. The molecule has 3 fully saturated rings. The van der Waals surface area contributed by atoms with E-state index in [9.17, 15) is 28.8 Å². The first kappa shape index (κ1) is 41.0. The second kappa shape index (κ2) is 17.2. The number of pyridine rings is 2. The number of anilines is 3. The minimum atomic E-state index is -0.718. The smallest absolute Gasteiger partial charge is 0.263 e. The first-order chi connectivity index (χ1) is 30.5. The number of ether oxygens (including phenoxy) is 1. The van der Waals surface area contributed by atoms with Crippen molar-refractivity contribution in [1.29, 1.82) is 0 Å². The summed E-state index contributed by atoms with van der Waals surface area (Å²) >= 11 is 0. The molecular formula is C45H45N11O7. The number of aromatic nitrogens is 4. The lowest BCUT2D eigenvalue weighted by atomic mass is 10.0. The van der Waals surface area contributed by atoms with Crippen LogP contribution in [0.1, 0.15) is 83.3 Å². The Hall–Kier alpha value is -7.37. The van der Waals surface area contributed by atoms with E-state index in [1.54, 1.807) is 71.2 Å². The van der Waals surface area contributed by atoms with Gasteiger partial charge in [0.1, 0.15) is 23.3 Å². The predicted octanol–water partition coefficient (Wildman–Crippen LogP) is 5.46. The second-order valence-corrected chi connectivity index (χ2v) is 16.2. The van der Waals surface area contributed by atoms with Crippen LogP contribution in [0.2, 0.25) is 0 Å². The summed E-state index contributed by atoms with van der Waals surface area (Å²) in [6.45, 7) is 5.51. The second-order valence-electron chi connectivity index (χ2n) is 16.2. The summed E-state index contributed by atoms with van der Waals surface area (Å²) in [5, 5.41) is 14.9. The topological polar surface area (TPSA) is 214 Å². The van der Waals surface area contributed by atoms with E-state index in [0.717, 1.165) is 31.4 Å². The monoisotopic (exact) mass is 851 g/mol. The Kier molecular flexibility index (Phi) is 11.2. The van der Waals surface area contributed by atoms with Gasteiger partial charge in [0.25, 0.3) is 17.4 Å². The molecule has 2 saturated heterocycles. The van der Waals surface area contributed by atoms with Crippen LogP contribution in [0.25, 0.3) is 11.0 Å². The molecule has 6 heterocycles. The lowest BCUT2D eigenvalue weighted by Gasteiger charge is -2.35. The Labute approximate surface area is 361 Å². The number of carbonyl (C=O) groups is 5. The van der Waals surface area contributed by atoms with E-state index in [1.165, 1.54) is 11.8 Å². The molecule has 0 bridgehead atoms. The third-order valence-corrected chi connectivity index (χ3v) is 12.3. The van der Waals surface area contributed by atoms with E-state index >= 15 is 0 Å². The number of Topliss-reactive ketones (excluding diaryl/α,β-unsaturated/α-hetero) is 1. The summed E-state index contributed by atoms with van der Waals surface area (Å²) in [5.74, 6) is -0.152. The number of hydrogen-bond donors (Lipinski definition) is 2. The summed E-state index contributed by atoms with van der Waals surface area (Å²) in [4.78, 5) is 95.6. The Bertz CT molecular complexity index is 2740. The molecule has 2 N–H and O–H groups in total. The van der Waals surface area contributed by atoms with E-state index in [0.29, 0.717) is 82.8 Å². The van der Waals surface area contributed by atoms with Crippen molar-refractivity contribution in [2.75, 3.05) is 43.0 Å². The summed E-state index contributed by atoms with van der Waals surface area (Å²) < 4.78 is 7.51. The Balaban J connectivity index is 0.763. The minimum absolute atomic E-state index is 0.0187. The van der Waals surface area contributed by atoms with Crippen molar-refractivity contribution >= 4 is 69.3 Å². The molecule has 9 rings (SSSR count). The fourth-order valence-electron chi connectivity index (χ4n) is 8.90. The number of piperazine rings is 1. The maximum atomic E-state index is 13.6. The summed E-state index contributed by atoms with van der Waals surface area (Å²) in [5.41, 5.74) is 4.07. The van der Waals surface area contributed by atoms with Gasteiger partial charge in [-0.15, -0.1) is 0 Å². The van der Waals surface area contributed by atoms with Crippen molar-refractivity contribution in [2.24, 2.45) is 10.2 Å². The number of rotatable bonds is 11. The number of aryl methyl sites for hydroxylation is 1. The Morgan fingerprint density at radius 1 is 0.905 bits per heavy atom. The molecule has 5 aromatic rings. The number of azo groups is 1. The van der Waals surface area contributed by atoms with Gasteiger partial charge in [-0.3, -0.25) is 38.7 Å². The highest BCUT2D eigenvalue weighted by molar-refractivity contribution is 6.06. The lowest BCUT2D eigenvalue weighted by molar-refractivity contribution is -0.137. The molecule has 63 heavy (non-hydrogen) atoms. The molecule has 3 aliphatic heterocycles. The van der Waals surface area contributed by atoms with Gasteiger partial charge < -0.3 is 24.8 Å². The van der Waals surface area contributed by atoms with Crippen LogP contribution >= 0.6 is 0 Å². The number of nitrogens with zero attached hydrogens (tertiary/aromatic N) is 9. The fraction of sp³-hybridized carbons (Fsp3) is 0.356. The number of amides is 4. The van der Waals surface area contributed by atoms with Crippen molar-refractivity contribution in [3.8, 4) is 5.75 Å². The van der Waals surface area contributed by atoms with Gasteiger partial charge in [0.2, 0.25) is 17.8 Å². The summed E-state index contributed by atoms with van der Waals surface area (Å²) in [7, 11) is 0. The quantitative estimate of drug-likeness (QED) is 0.0963. The number of carbonyl (C=O) groups excluding carboxylic acids is 5. The molecule has 4 aliphatic rings. The highest BCUT2D eigenvalue weighted by Crippen LogP contribution is 2.35. The summed E-state index contributed by atoms with van der Waals surface area (Å²) in [6, 6.07) is 15.1. The highest BCUT2D eigenvalue weighted by atomic mass is 16.5. The predicted molar refractivity (Wildman–Crippen MR) is 231 cm³/mol. The molecule has 1 atom stereocenters. The number of ketones is 1. The van der Waals surface area contributed by atoms with Gasteiger partial charge in [0, 0.05) is 67.9 Å². The normalized spacial score (nSPS) is 18.0. The molecule has 4 amide bonds. The largest absolute Gasteiger partial charge is 0.484 e. The zero-order valence-electron chi connectivity index (χ0n) is 34.9. The maximum Gasteiger partial charge on any atom is 0.263 e. The molecule has 1 unspecified atom stereocenters. The van der Waals surface area contributed by atoms with Crippen LogP contribution in [0.5, 0.6) is 5.75 Å². The maximum absolute atomic E-state index is 13.6. The van der Waals surface area contributed by atoms with Crippen LogP contribution in [0.3, 0.4) is 0 Å². The average Bonchev–Trinajstić information content (AvgIpc) is 3.94. The number of fused-ring (bicyclic) bond motifs is 2. The molecule has 2 aromatic carbocycles. The van der Waals surface area contributed by atoms with Gasteiger partial charge in [-0.25, -0.2) is 9.97 Å². The van der Waals surface area contributed by atoms with Gasteiger partial charge in [-0.1, -0.05) is 18.9 Å². The molecule has 0 spiro atoms. The highest BCUT2D eigenvalue weighted by Gasteiger charge is 2.40. The lowest BCUT2D eigenvalue weighted by Crippen LogP contribution is -2.52. The fourth-order valence-corrected chi connectivity index (χ4v) is 8.90. The number of imide groups is 1. The van der Waals surface area contributed by atoms with E-state index in [-0.39, 0.29) is 66.7 Å². The molecule has 1 saturated carbocycles. The SMILES string of the molecule is CC(=O)c1c(C)c2cnc(Nc3ccc(N4CCN(C(=O)COc5ccc(N=Nc6cccc7c6CN(C6CCC(=O)NC6=O)C7=O)cc5)CC4)cn3)nc2n(C2CCCC2)c1=O. The van der Waals surface area contributed by atoms with Crippen LogP contribution in [0.4, 0.5) is 28.8 Å². The third-order valence-electron chi connectivity index (χ3n) is 12.3. The Morgan fingerprint density at radius 2 is 1.68 bits per heavy atom. The molecule has 322 valence electrons. The van der Waals surface area contributed by atoms with Crippen LogP contribution in [0, 0.1) is 6.92 Å². The number of nitrogens with one attached hydrogen (secondary N) is 2. The first-order valence-electron chi connectivity index (χ1n) is 21.1. The van der Waals surface area contributed by atoms with Crippen molar-refractivity contribution in [2.45, 2.75) is 71.0 Å². The molecular weight excluding hydrogens is 807 g/mol. The van der Waals surface area contributed by atoms with Crippen molar-refractivity contribution in [3.05, 3.63) is 99.6 Å². The minimum Gasteiger partial charge on any atom is -0.484 e. The van der Waals surface area contributed by atoms with Crippen molar-refractivity contribution in [3.63, 3.8) is 0 Å². The number of benzene rings is 2. The zero-order valence-corrected chi connectivity index (χ0v) is 34.9. The van der Waals surface area contributed by atoms with Crippen LogP contribution < -0.4 is 25.8 Å². The average molecular weight is 852 g/mol. The molecule has 3 aromatic heterocycles. The number of hydrogen-bond acceptors (Lipinski definition) is 14. The van der Waals surface area contributed by atoms with Crippen molar-refractivity contribution < 1.29 is 28.7 Å². The number of piperidine rings is 1. The van der Waals surface area contributed by atoms with Gasteiger partial charge in [0.05, 0.1) is 28.8 Å². The van der Waals surface area contributed by atoms with E-state index in [2.05, 4.69) is 35.7 Å². The third kappa shape index (κ3) is 8.23. The van der Waals surface area contributed by atoms with Crippen molar-refractivity contribution in [1.82, 2.24) is 34.6 Å². The van der Waals surface area contributed by atoms with E-state index in [1.807, 2.05) is 12.1 Å². The molecule has 18 heteroatoms. The standard InChI is InChI=1S/C45H45N11O7/c1-26-33-23-47-45(50-41(33)56(29-6-3-4-7-29)44(62)40(26)27(2)57)48-37-16-12-30(22-46-37)53-18-20-54(21-19-53)39(59)25-63-31-13-10-28(11-14-31)51-52-35-9-5-8-32-34(35)24-55(43(32)61)36-15-17-38(58)49-42(36)60/h5,8-14,16,22-23,29,36H,3-4,6-7,15,17-21,24-25H2,1-2H3,(H,49,58,60)(H,46,47,48,50). The van der Waals surface area contributed by atoms with Gasteiger partial charge >= 0.3 is 0 Å². The van der Waals surface area contributed by atoms with Crippen LogP contribution in [-0.4, -0.2) is 97.6 Å². The molecule has 1 aliphatic carbocycles. The van der Waals surface area contributed by atoms with Gasteiger partial charge in [0.15, 0.2) is 12.4 Å². The zero-order chi connectivity index (χ0) is 43.8. The summed E-state index contributed by atoms with van der Waals surface area (Å²) in [6.07, 6.45) is 7.62. The van der Waals surface area contributed by atoms with E-state index in [4.69, 9.17) is 9.72 Å². The van der Waals surface area contributed by atoms with Gasteiger partial charge in [-0.05, 0) is 87.2 Å². The first-order valence-corrected chi connectivity index (χ1v) is 21.1.